The molecule has 3 aliphatic rings. The topological polar surface area (TPSA) is 157 Å². The Labute approximate surface area is 196 Å². The number of halogens is 3. The molecular formula is C20H18F3N9O2S. The zero-order chi connectivity index (χ0) is 24.8. The van der Waals surface area contributed by atoms with E-state index >= 15 is 0 Å². The molecule has 7 rings (SSSR count). The quantitative estimate of drug-likeness (QED) is 0.372. The molecule has 0 saturated heterocycles. The summed E-state index contributed by atoms with van der Waals surface area (Å²) in [5.74, 6) is 0.268. The van der Waals surface area contributed by atoms with Crippen molar-refractivity contribution >= 4 is 21.5 Å². The predicted octanol–water partition coefficient (Wildman–Crippen LogP) is 1.97. The number of aromatic nitrogens is 7. The summed E-state index contributed by atoms with van der Waals surface area (Å²) >= 11 is 0. The minimum absolute atomic E-state index is 0.00812. The average molecular weight is 505 g/mol. The van der Waals surface area contributed by atoms with E-state index in [9.17, 15) is 21.6 Å². The maximum absolute atomic E-state index is 13.3. The molecule has 0 amide bonds. The molecule has 3 heterocycles. The average Bonchev–Trinajstić information content (AvgIpc) is 3.39. The molecular weight excluding hydrogens is 487 g/mol. The van der Waals surface area contributed by atoms with Gasteiger partial charge in [-0.1, -0.05) is 6.07 Å². The van der Waals surface area contributed by atoms with E-state index in [4.69, 9.17) is 5.73 Å². The molecule has 0 unspecified atom stereocenters. The van der Waals surface area contributed by atoms with Gasteiger partial charge in [-0.05, 0) is 54.3 Å². The van der Waals surface area contributed by atoms with E-state index in [1.54, 1.807) is 13.0 Å². The number of nitrogens with two attached hydrogens (primary N) is 1. The highest BCUT2D eigenvalue weighted by molar-refractivity contribution is 7.89. The number of nitrogens with zero attached hydrogens (tertiary/aromatic N) is 6. The van der Waals surface area contributed by atoms with Crippen LogP contribution in [0.2, 0.25) is 0 Å². The highest BCUT2D eigenvalue weighted by Crippen LogP contribution is 2.67. The maximum atomic E-state index is 13.3. The number of benzene rings is 1. The van der Waals surface area contributed by atoms with Gasteiger partial charge in [0, 0.05) is 22.7 Å². The van der Waals surface area contributed by atoms with Crippen LogP contribution in [0, 0.1) is 6.92 Å². The van der Waals surface area contributed by atoms with Gasteiger partial charge in [-0.2, -0.15) is 13.2 Å². The second-order valence-corrected chi connectivity index (χ2v) is 11.0. The van der Waals surface area contributed by atoms with Crippen molar-refractivity contribution in [2.45, 2.75) is 48.2 Å². The number of fused-ring (bicyclic) bond motifs is 1. The molecule has 4 N–H and O–H groups in total. The number of hydrogen-bond donors (Lipinski definition) is 3. The van der Waals surface area contributed by atoms with E-state index in [0.29, 0.717) is 36.2 Å². The highest BCUT2D eigenvalue weighted by Gasteiger charge is 2.71. The van der Waals surface area contributed by atoms with E-state index in [0.717, 1.165) is 6.20 Å². The number of alkyl halides is 3. The summed E-state index contributed by atoms with van der Waals surface area (Å²) < 4.78 is 70.3. The first kappa shape index (κ1) is 21.9. The summed E-state index contributed by atoms with van der Waals surface area (Å²) in [6.07, 6.45) is -0.837. The fourth-order valence-electron chi connectivity index (χ4n) is 5.27. The number of sulfonamides is 1. The minimum atomic E-state index is -4.71. The van der Waals surface area contributed by atoms with Crippen molar-refractivity contribution in [1.82, 2.24) is 39.7 Å². The van der Waals surface area contributed by atoms with Crippen molar-refractivity contribution in [1.29, 1.82) is 0 Å². The van der Waals surface area contributed by atoms with Crippen LogP contribution in [0.4, 0.5) is 19.0 Å². The smallest absolute Gasteiger partial charge is 0.381 e. The Hall–Kier alpha value is -3.59. The number of aryl methyl sites for hydroxylation is 1. The molecule has 3 fully saturated rings. The second-order valence-electron chi connectivity index (χ2n) is 9.27. The molecule has 0 radical (unpaired) electrons. The Balaban J connectivity index is 1.34. The van der Waals surface area contributed by atoms with E-state index in [1.165, 1.54) is 22.7 Å². The van der Waals surface area contributed by atoms with Crippen LogP contribution in [0.3, 0.4) is 0 Å². The fraction of sp³-hybridized carbons (Fsp3) is 0.350. The Bertz CT molecular complexity index is 1580. The third-order valence-electron chi connectivity index (χ3n) is 6.83. The predicted molar refractivity (Wildman–Crippen MR) is 115 cm³/mol. The molecule has 0 atom stereocenters. The number of nitrogen functional groups attached to an aromatic ring is 1. The number of anilines is 1. The zero-order valence-corrected chi connectivity index (χ0v) is 18.9. The lowest BCUT2D eigenvalue weighted by atomic mass is 9.39. The number of tetrazole rings is 1. The van der Waals surface area contributed by atoms with Crippen LogP contribution in [0.25, 0.3) is 16.9 Å². The standard InChI is InChI=1S/C20H18F3N9O2S/c1-10-2-3-11(35(33,34)29-19-7-18(8-19,9-19)17-27-30-31-28-17)4-12(10)13-5-25-16-15(24)26-14(6-32(13)16)20(21,22)23/h2-6,29H,7-9H2,1H3,(H2,24,26)(H,27,28,30,31). The SMILES string of the molecule is Cc1ccc(S(=O)(=O)NC23CC(c4nnn[nH]4)(C2)C3)cc1-c1cnc2c(N)nc(C(F)(F)F)cn12. The van der Waals surface area contributed by atoms with Crippen molar-refractivity contribution in [3.05, 3.63) is 47.7 Å². The van der Waals surface area contributed by atoms with Crippen LogP contribution in [-0.2, 0) is 21.6 Å². The van der Waals surface area contributed by atoms with Crippen LogP contribution in [0.15, 0.2) is 35.5 Å². The third kappa shape index (κ3) is 3.21. The van der Waals surface area contributed by atoms with E-state index < -0.39 is 27.4 Å². The summed E-state index contributed by atoms with van der Waals surface area (Å²) in [6.45, 7) is 1.73. The number of H-pyrrole nitrogens is 1. The van der Waals surface area contributed by atoms with E-state index in [-0.39, 0.29) is 27.5 Å². The molecule has 3 saturated carbocycles. The lowest BCUT2D eigenvalue weighted by molar-refractivity contribution is -0.141. The summed E-state index contributed by atoms with van der Waals surface area (Å²) in [7, 11) is -3.92. The second kappa shape index (κ2) is 6.75. The Kier molecular flexibility index (Phi) is 4.23. The van der Waals surface area contributed by atoms with Gasteiger partial charge in [0.2, 0.25) is 10.0 Å². The van der Waals surface area contributed by atoms with E-state index in [2.05, 4.69) is 35.3 Å². The van der Waals surface area contributed by atoms with Crippen molar-refractivity contribution in [2.75, 3.05) is 5.73 Å². The Morgan fingerprint density at radius 1 is 1.23 bits per heavy atom. The van der Waals surface area contributed by atoms with Gasteiger partial charge >= 0.3 is 6.18 Å². The van der Waals surface area contributed by atoms with Crippen LogP contribution < -0.4 is 10.5 Å². The van der Waals surface area contributed by atoms with Gasteiger partial charge < -0.3 is 5.73 Å². The molecule has 182 valence electrons. The summed E-state index contributed by atoms with van der Waals surface area (Å²) in [4.78, 5) is 7.48. The van der Waals surface area contributed by atoms with Crippen molar-refractivity contribution in [2.24, 2.45) is 0 Å². The van der Waals surface area contributed by atoms with Gasteiger partial charge in [-0.3, -0.25) is 4.40 Å². The largest absolute Gasteiger partial charge is 0.434 e. The van der Waals surface area contributed by atoms with Crippen molar-refractivity contribution < 1.29 is 21.6 Å². The molecule has 0 aliphatic heterocycles. The number of imidazole rings is 1. The van der Waals surface area contributed by atoms with Crippen LogP contribution in [0.5, 0.6) is 0 Å². The van der Waals surface area contributed by atoms with Gasteiger partial charge in [-0.15, -0.1) is 5.10 Å². The lowest BCUT2D eigenvalue weighted by Crippen LogP contribution is -2.76. The molecule has 4 aromatic rings. The highest BCUT2D eigenvalue weighted by atomic mass is 32.2. The van der Waals surface area contributed by atoms with Crippen molar-refractivity contribution in [3.8, 4) is 11.3 Å². The maximum Gasteiger partial charge on any atom is 0.434 e. The first-order chi connectivity index (χ1) is 16.4. The number of aromatic amines is 1. The minimum Gasteiger partial charge on any atom is -0.381 e. The van der Waals surface area contributed by atoms with Gasteiger partial charge in [0.1, 0.15) is 0 Å². The molecule has 2 bridgehead atoms. The molecule has 15 heteroatoms. The normalized spacial score (nSPS) is 23.8. The summed E-state index contributed by atoms with van der Waals surface area (Å²) in [5, 5.41) is 13.9. The summed E-state index contributed by atoms with van der Waals surface area (Å²) in [6, 6.07) is 4.48. The molecule has 35 heavy (non-hydrogen) atoms. The van der Waals surface area contributed by atoms with Crippen LogP contribution in [-0.4, -0.2) is 48.9 Å². The first-order valence-corrected chi connectivity index (χ1v) is 12.0. The van der Waals surface area contributed by atoms with Crippen LogP contribution in [0.1, 0.15) is 36.3 Å². The third-order valence-corrected chi connectivity index (χ3v) is 8.41. The van der Waals surface area contributed by atoms with Gasteiger partial charge in [0.05, 0.1) is 16.8 Å². The van der Waals surface area contributed by atoms with Crippen LogP contribution >= 0.6 is 0 Å². The molecule has 3 aromatic heterocycles. The van der Waals surface area contributed by atoms with E-state index in [1.807, 2.05) is 0 Å². The monoisotopic (exact) mass is 505 g/mol. The number of hydrogen-bond acceptors (Lipinski definition) is 8. The fourth-order valence-corrected chi connectivity index (χ4v) is 6.69. The van der Waals surface area contributed by atoms with Gasteiger partial charge in [0.15, 0.2) is 23.0 Å². The lowest BCUT2D eigenvalue weighted by Gasteiger charge is -2.68. The van der Waals surface area contributed by atoms with Gasteiger partial charge in [0.25, 0.3) is 0 Å². The molecule has 1 aromatic carbocycles. The number of nitrogens with one attached hydrogen (secondary N) is 2. The molecule has 11 nitrogen and oxygen atoms in total. The summed E-state index contributed by atoms with van der Waals surface area (Å²) in [5.41, 5.74) is 5.09. The number of rotatable bonds is 5. The Morgan fingerprint density at radius 3 is 2.63 bits per heavy atom. The zero-order valence-electron chi connectivity index (χ0n) is 18.1. The van der Waals surface area contributed by atoms with Gasteiger partial charge in [-0.25, -0.2) is 28.2 Å². The molecule has 3 aliphatic carbocycles. The Morgan fingerprint density at radius 2 is 1.97 bits per heavy atom. The first-order valence-electron chi connectivity index (χ1n) is 10.5. The van der Waals surface area contributed by atoms with Crippen molar-refractivity contribution in [3.63, 3.8) is 0 Å². The molecule has 0 spiro atoms.